The molecule has 0 atom stereocenters. The van der Waals surface area contributed by atoms with E-state index in [0.29, 0.717) is 16.8 Å². The van der Waals surface area contributed by atoms with E-state index >= 15 is 0 Å². The molecule has 2 rings (SSSR count). The van der Waals surface area contributed by atoms with Crippen LogP contribution in [0.1, 0.15) is 24.8 Å². The normalized spacial score (nSPS) is 17.2. The average molecular weight is 538 g/mol. The largest absolute Gasteiger partial charge is 0.511 e. The van der Waals surface area contributed by atoms with E-state index in [9.17, 15) is 21.6 Å². The molecular formula is C15H26F3IN6O2S. The van der Waals surface area contributed by atoms with Crippen molar-refractivity contribution in [2.24, 2.45) is 4.99 Å². The zero-order valence-electron chi connectivity index (χ0n) is 15.7. The summed E-state index contributed by atoms with van der Waals surface area (Å²) in [6.07, 6.45) is 5.13. The van der Waals surface area contributed by atoms with Crippen molar-refractivity contribution in [3.8, 4) is 0 Å². The summed E-state index contributed by atoms with van der Waals surface area (Å²) in [5, 5.41) is 10.5. The Balaban J connectivity index is 0.00000392. The van der Waals surface area contributed by atoms with Crippen LogP contribution in [0.3, 0.4) is 0 Å². The minimum absolute atomic E-state index is 0. The van der Waals surface area contributed by atoms with Crippen LogP contribution in [-0.2, 0) is 16.6 Å². The topological polar surface area (TPSA) is 91.6 Å². The van der Waals surface area contributed by atoms with Gasteiger partial charge in [0.2, 0.25) is 0 Å². The SMILES string of the molecule is CN=C(NCCCn1cc(C)cn1)NC1CCN(S(=O)(=O)C(F)(F)F)CC1.I. The Labute approximate surface area is 180 Å². The van der Waals surface area contributed by atoms with Crippen molar-refractivity contribution in [3.05, 3.63) is 18.0 Å². The first-order valence-corrected chi connectivity index (χ1v) is 10.1. The molecule has 0 radical (unpaired) electrons. The van der Waals surface area contributed by atoms with Crippen LogP contribution in [0.5, 0.6) is 0 Å². The first-order chi connectivity index (χ1) is 12.6. The van der Waals surface area contributed by atoms with Gasteiger partial charge in [-0.25, -0.2) is 8.42 Å². The number of guanidine groups is 1. The molecule has 2 heterocycles. The Morgan fingerprint density at radius 2 is 2.00 bits per heavy atom. The predicted molar refractivity (Wildman–Crippen MR) is 111 cm³/mol. The molecule has 1 fully saturated rings. The first-order valence-electron chi connectivity index (χ1n) is 8.66. The van der Waals surface area contributed by atoms with Crippen molar-refractivity contribution >= 4 is 40.0 Å². The van der Waals surface area contributed by atoms with Gasteiger partial charge in [-0.1, -0.05) is 0 Å². The third-order valence-corrected chi connectivity index (χ3v) is 5.90. The fourth-order valence-electron chi connectivity index (χ4n) is 2.81. The number of sulfonamides is 1. The Kier molecular flexibility index (Phi) is 9.46. The fourth-order valence-corrected chi connectivity index (χ4v) is 3.80. The lowest BCUT2D eigenvalue weighted by molar-refractivity contribution is -0.0494. The van der Waals surface area contributed by atoms with Crippen LogP contribution in [0.4, 0.5) is 13.2 Å². The van der Waals surface area contributed by atoms with E-state index < -0.39 is 15.5 Å². The monoisotopic (exact) mass is 538 g/mol. The lowest BCUT2D eigenvalue weighted by atomic mass is 10.1. The highest BCUT2D eigenvalue weighted by atomic mass is 127. The molecular weight excluding hydrogens is 512 g/mol. The van der Waals surface area contributed by atoms with Crippen molar-refractivity contribution in [3.63, 3.8) is 0 Å². The van der Waals surface area contributed by atoms with Gasteiger partial charge in [0.1, 0.15) is 0 Å². The molecule has 0 aromatic carbocycles. The molecule has 8 nitrogen and oxygen atoms in total. The van der Waals surface area contributed by atoms with Crippen molar-refractivity contribution in [2.75, 3.05) is 26.7 Å². The Hall–Kier alpha value is -1.09. The molecule has 28 heavy (non-hydrogen) atoms. The second-order valence-electron chi connectivity index (χ2n) is 6.40. The summed E-state index contributed by atoms with van der Waals surface area (Å²) in [6.45, 7) is 3.04. The third-order valence-electron chi connectivity index (χ3n) is 4.27. The number of nitrogens with zero attached hydrogens (tertiary/aromatic N) is 4. The van der Waals surface area contributed by atoms with Gasteiger partial charge >= 0.3 is 15.5 Å². The molecule has 13 heteroatoms. The molecule has 1 saturated heterocycles. The Bertz CT molecular complexity index is 745. The zero-order valence-corrected chi connectivity index (χ0v) is 18.9. The Morgan fingerprint density at radius 1 is 1.36 bits per heavy atom. The second-order valence-corrected chi connectivity index (χ2v) is 8.33. The minimum atomic E-state index is -5.25. The van der Waals surface area contributed by atoms with Crippen LogP contribution in [0.2, 0.25) is 0 Å². The van der Waals surface area contributed by atoms with Gasteiger partial charge in [-0.05, 0) is 31.7 Å². The molecule has 162 valence electrons. The summed E-state index contributed by atoms with van der Waals surface area (Å²) in [7, 11) is -3.64. The standard InChI is InChI=1S/C15H25F3N6O2S.HI/c1-12-10-21-23(11-12)7-3-6-20-14(19-2)22-13-4-8-24(9-5-13)27(25,26)15(16,17)18;/h10-11,13H,3-9H2,1-2H3,(H2,19,20,22);1H. The van der Waals surface area contributed by atoms with Gasteiger partial charge in [-0.3, -0.25) is 9.67 Å². The van der Waals surface area contributed by atoms with Crippen molar-refractivity contribution in [2.45, 2.75) is 44.3 Å². The number of alkyl halides is 3. The Morgan fingerprint density at radius 3 is 2.50 bits per heavy atom. The van der Waals surface area contributed by atoms with E-state index in [4.69, 9.17) is 0 Å². The number of halogens is 4. The van der Waals surface area contributed by atoms with Gasteiger partial charge in [0.15, 0.2) is 5.96 Å². The molecule has 0 saturated carbocycles. The van der Waals surface area contributed by atoms with Crippen LogP contribution < -0.4 is 10.6 Å². The molecule has 0 amide bonds. The van der Waals surface area contributed by atoms with Crippen LogP contribution >= 0.6 is 24.0 Å². The highest BCUT2D eigenvalue weighted by Crippen LogP contribution is 2.28. The molecule has 1 aromatic rings. The summed E-state index contributed by atoms with van der Waals surface area (Å²) in [4.78, 5) is 4.10. The molecule has 0 spiro atoms. The van der Waals surface area contributed by atoms with E-state index in [1.54, 1.807) is 13.2 Å². The van der Waals surface area contributed by atoms with Gasteiger partial charge < -0.3 is 10.6 Å². The summed E-state index contributed by atoms with van der Waals surface area (Å²) < 4.78 is 63.0. The summed E-state index contributed by atoms with van der Waals surface area (Å²) in [6, 6.07) is -0.135. The number of hydrogen-bond acceptors (Lipinski definition) is 4. The van der Waals surface area contributed by atoms with E-state index in [1.165, 1.54) is 0 Å². The number of piperidine rings is 1. The molecule has 0 bridgehead atoms. The van der Waals surface area contributed by atoms with Gasteiger partial charge in [-0.15, -0.1) is 24.0 Å². The van der Waals surface area contributed by atoms with E-state index in [-0.39, 0.29) is 55.9 Å². The molecule has 1 aliphatic rings. The second kappa shape index (κ2) is 10.6. The maximum absolute atomic E-state index is 12.6. The average Bonchev–Trinajstić information content (AvgIpc) is 3.02. The highest BCUT2D eigenvalue weighted by Gasteiger charge is 2.50. The van der Waals surface area contributed by atoms with Crippen molar-refractivity contribution in [1.82, 2.24) is 24.7 Å². The van der Waals surface area contributed by atoms with Crippen molar-refractivity contribution in [1.29, 1.82) is 0 Å². The maximum atomic E-state index is 12.6. The van der Waals surface area contributed by atoms with Crippen molar-refractivity contribution < 1.29 is 21.6 Å². The van der Waals surface area contributed by atoms with Gasteiger partial charge in [0.05, 0.1) is 6.20 Å². The summed E-state index contributed by atoms with van der Waals surface area (Å²) in [5.41, 5.74) is -4.16. The molecule has 2 N–H and O–H groups in total. The number of aromatic nitrogens is 2. The summed E-state index contributed by atoms with van der Waals surface area (Å²) in [5.74, 6) is 0.545. The summed E-state index contributed by atoms with van der Waals surface area (Å²) >= 11 is 0. The molecule has 0 unspecified atom stereocenters. The van der Waals surface area contributed by atoms with Crippen LogP contribution in [-0.4, -0.2) is 66.7 Å². The predicted octanol–water partition coefficient (Wildman–Crippen LogP) is 1.68. The fraction of sp³-hybridized carbons (Fsp3) is 0.733. The zero-order chi connectivity index (χ0) is 20.1. The molecule has 1 aliphatic heterocycles. The third kappa shape index (κ3) is 6.76. The molecule has 0 aliphatic carbocycles. The lowest BCUT2D eigenvalue weighted by Gasteiger charge is -2.32. The van der Waals surface area contributed by atoms with E-state index in [2.05, 4.69) is 20.7 Å². The minimum Gasteiger partial charge on any atom is -0.356 e. The highest BCUT2D eigenvalue weighted by molar-refractivity contribution is 14.0. The van der Waals surface area contributed by atoms with Gasteiger partial charge in [-0.2, -0.15) is 22.6 Å². The van der Waals surface area contributed by atoms with E-state index in [0.717, 1.165) is 18.5 Å². The van der Waals surface area contributed by atoms with Gasteiger partial charge in [0, 0.05) is 45.5 Å². The quantitative estimate of drug-likeness (QED) is 0.249. The van der Waals surface area contributed by atoms with Crippen LogP contribution in [0.25, 0.3) is 0 Å². The number of aryl methyl sites for hydroxylation is 2. The maximum Gasteiger partial charge on any atom is 0.511 e. The van der Waals surface area contributed by atoms with E-state index in [1.807, 2.05) is 17.8 Å². The van der Waals surface area contributed by atoms with Crippen LogP contribution in [0, 0.1) is 6.92 Å². The van der Waals surface area contributed by atoms with Gasteiger partial charge in [0.25, 0.3) is 0 Å². The number of nitrogens with one attached hydrogen (secondary N) is 2. The van der Waals surface area contributed by atoms with Crippen LogP contribution in [0.15, 0.2) is 17.4 Å². The number of hydrogen-bond donors (Lipinski definition) is 2. The first kappa shape index (κ1) is 24.9. The smallest absolute Gasteiger partial charge is 0.356 e. The number of rotatable bonds is 6. The lowest BCUT2D eigenvalue weighted by Crippen LogP contribution is -2.51. The molecule has 1 aromatic heterocycles. The number of aliphatic imine (C=N–C) groups is 1.